The molecule has 0 saturated carbocycles. The van der Waals surface area contributed by atoms with Crippen LogP contribution in [0.5, 0.6) is 17.2 Å². The summed E-state index contributed by atoms with van der Waals surface area (Å²) < 4.78 is 55.1. The number of fused-ring (bicyclic) bond motifs is 1. The number of benzene rings is 1. The standard InChI is InChI=1S/C15H19F3N2O3.ClH/c1-21-12-6-10(7-13-14(12)23-9-22-13)11(8-15(16,17)18)20-4-2-19-3-5-20;/h6-7,11,19H,2-5,8-9H2,1H3;1H/t11-;/m1./s1. The fraction of sp³-hybridized carbons (Fsp3) is 0.600. The Bertz CT molecular complexity index is 566. The lowest BCUT2D eigenvalue weighted by Crippen LogP contribution is -2.46. The van der Waals surface area contributed by atoms with Crippen molar-refractivity contribution in [2.45, 2.75) is 18.6 Å². The van der Waals surface area contributed by atoms with Crippen LogP contribution < -0.4 is 19.5 Å². The highest BCUT2D eigenvalue weighted by atomic mass is 35.5. The van der Waals surface area contributed by atoms with Gasteiger partial charge in [0.15, 0.2) is 11.5 Å². The first kappa shape index (κ1) is 19.0. The molecule has 2 aliphatic heterocycles. The first-order valence-electron chi connectivity index (χ1n) is 7.47. The molecule has 0 aromatic heterocycles. The van der Waals surface area contributed by atoms with Crippen LogP contribution in [0.2, 0.25) is 0 Å². The number of ether oxygens (including phenoxy) is 3. The van der Waals surface area contributed by atoms with E-state index in [4.69, 9.17) is 14.2 Å². The third-order valence-electron chi connectivity index (χ3n) is 4.08. The second kappa shape index (κ2) is 7.67. The lowest BCUT2D eigenvalue weighted by molar-refractivity contribution is -0.148. The van der Waals surface area contributed by atoms with E-state index in [9.17, 15) is 13.2 Å². The molecule has 136 valence electrons. The van der Waals surface area contributed by atoms with Gasteiger partial charge in [-0.1, -0.05) is 0 Å². The maximum absolute atomic E-state index is 13.1. The number of nitrogens with zero attached hydrogens (tertiary/aromatic N) is 1. The summed E-state index contributed by atoms with van der Waals surface area (Å²) >= 11 is 0. The Morgan fingerprint density at radius 3 is 2.58 bits per heavy atom. The van der Waals surface area contributed by atoms with E-state index in [1.54, 1.807) is 12.1 Å². The first-order chi connectivity index (χ1) is 11.0. The number of alkyl halides is 3. The van der Waals surface area contributed by atoms with Gasteiger partial charge in [-0.15, -0.1) is 12.4 Å². The molecule has 0 radical (unpaired) electrons. The largest absolute Gasteiger partial charge is 0.493 e. The van der Waals surface area contributed by atoms with Crippen LogP contribution in [0.15, 0.2) is 12.1 Å². The van der Waals surface area contributed by atoms with Gasteiger partial charge in [-0.25, -0.2) is 0 Å². The molecule has 2 aliphatic rings. The molecule has 2 heterocycles. The van der Waals surface area contributed by atoms with Gasteiger partial charge in [0.2, 0.25) is 12.5 Å². The number of nitrogens with one attached hydrogen (secondary N) is 1. The molecule has 1 fully saturated rings. The van der Waals surface area contributed by atoms with Crippen LogP contribution in [-0.2, 0) is 0 Å². The van der Waals surface area contributed by atoms with Crippen LogP contribution in [0, 0.1) is 0 Å². The Hall–Kier alpha value is -1.38. The third kappa shape index (κ3) is 4.17. The number of methoxy groups -OCH3 is 1. The third-order valence-corrected chi connectivity index (χ3v) is 4.08. The van der Waals surface area contributed by atoms with Crippen molar-refractivity contribution in [2.75, 3.05) is 40.1 Å². The fourth-order valence-corrected chi connectivity index (χ4v) is 3.01. The summed E-state index contributed by atoms with van der Waals surface area (Å²) in [5.41, 5.74) is 0.533. The van der Waals surface area contributed by atoms with Crippen LogP contribution in [0.1, 0.15) is 18.0 Å². The van der Waals surface area contributed by atoms with E-state index in [1.807, 2.05) is 4.90 Å². The lowest BCUT2D eigenvalue weighted by atomic mass is 9.99. The van der Waals surface area contributed by atoms with Gasteiger partial charge in [0.1, 0.15) is 0 Å². The number of hydrogen-bond acceptors (Lipinski definition) is 5. The van der Waals surface area contributed by atoms with Crippen LogP contribution in [0.25, 0.3) is 0 Å². The van der Waals surface area contributed by atoms with Crippen LogP contribution >= 0.6 is 12.4 Å². The summed E-state index contributed by atoms with van der Waals surface area (Å²) in [5, 5.41) is 3.16. The van der Waals surface area contributed by atoms with E-state index in [-0.39, 0.29) is 19.2 Å². The van der Waals surface area contributed by atoms with Gasteiger partial charge in [0.05, 0.1) is 13.5 Å². The summed E-state index contributed by atoms with van der Waals surface area (Å²) in [7, 11) is 1.46. The van der Waals surface area contributed by atoms with Crippen molar-refractivity contribution in [1.82, 2.24) is 10.2 Å². The topological polar surface area (TPSA) is 43.0 Å². The average Bonchev–Trinajstić information content (AvgIpc) is 3.00. The highest BCUT2D eigenvalue weighted by molar-refractivity contribution is 5.85. The van der Waals surface area contributed by atoms with Gasteiger partial charge in [0.25, 0.3) is 0 Å². The molecule has 5 nitrogen and oxygen atoms in total. The summed E-state index contributed by atoms with van der Waals surface area (Å²) in [6, 6.07) is 2.48. The molecule has 0 amide bonds. The van der Waals surface area contributed by atoms with Crippen molar-refractivity contribution < 1.29 is 27.4 Å². The molecule has 1 aromatic rings. The monoisotopic (exact) mass is 368 g/mol. The van der Waals surface area contributed by atoms with E-state index in [0.717, 1.165) is 0 Å². The molecule has 1 aromatic carbocycles. The van der Waals surface area contributed by atoms with E-state index < -0.39 is 18.6 Å². The van der Waals surface area contributed by atoms with Gasteiger partial charge < -0.3 is 19.5 Å². The summed E-state index contributed by atoms with van der Waals surface area (Å²) in [6.07, 6.45) is -5.16. The van der Waals surface area contributed by atoms with Crippen molar-refractivity contribution in [3.8, 4) is 17.2 Å². The summed E-state index contributed by atoms with van der Waals surface area (Å²) in [6.45, 7) is 2.54. The Kier molecular flexibility index (Phi) is 6.06. The zero-order valence-electron chi connectivity index (χ0n) is 13.2. The van der Waals surface area contributed by atoms with Gasteiger partial charge in [0, 0.05) is 32.2 Å². The predicted octanol–water partition coefficient (Wildman–Crippen LogP) is 2.74. The molecule has 9 heteroatoms. The molecule has 24 heavy (non-hydrogen) atoms. The minimum Gasteiger partial charge on any atom is -0.493 e. The molecule has 0 bridgehead atoms. The molecule has 1 N–H and O–H groups in total. The van der Waals surface area contributed by atoms with Crippen molar-refractivity contribution in [2.24, 2.45) is 0 Å². The second-order valence-corrected chi connectivity index (χ2v) is 5.58. The Labute approximate surface area is 144 Å². The van der Waals surface area contributed by atoms with E-state index in [2.05, 4.69) is 5.32 Å². The molecule has 3 rings (SSSR count). The molecular weight excluding hydrogens is 349 g/mol. The SMILES string of the molecule is COc1cc([C@@H](CC(F)(F)F)N2CCNCC2)cc2c1OCO2.Cl. The molecule has 1 atom stereocenters. The number of rotatable bonds is 4. The van der Waals surface area contributed by atoms with Crippen molar-refractivity contribution >= 4 is 12.4 Å². The van der Waals surface area contributed by atoms with Crippen LogP contribution in [0.4, 0.5) is 13.2 Å². The zero-order chi connectivity index (χ0) is 16.4. The Morgan fingerprint density at radius 1 is 1.25 bits per heavy atom. The highest BCUT2D eigenvalue weighted by Crippen LogP contribution is 2.45. The lowest BCUT2D eigenvalue weighted by Gasteiger charge is -2.35. The molecule has 0 aliphatic carbocycles. The Balaban J connectivity index is 0.00000208. The van der Waals surface area contributed by atoms with Crippen LogP contribution in [0.3, 0.4) is 0 Å². The van der Waals surface area contributed by atoms with E-state index >= 15 is 0 Å². The Morgan fingerprint density at radius 2 is 1.96 bits per heavy atom. The van der Waals surface area contributed by atoms with E-state index in [1.165, 1.54) is 7.11 Å². The van der Waals surface area contributed by atoms with Gasteiger partial charge in [-0.05, 0) is 17.7 Å². The second-order valence-electron chi connectivity index (χ2n) is 5.58. The van der Waals surface area contributed by atoms with Crippen LogP contribution in [-0.4, -0.2) is 51.2 Å². The maximum Gasteiger partial charge on any atom is 0.390 e. The quantitative estimate of drug-likeness (QED) is 0.885. The normalized spacial score (nSPS) is 18.8. The van der Waals surface area contributed by atoms with Gasteiger partial charge in [-0.3, -0.25) is 4.90 Å². The number of halogens is 4. The first-order valence-corrected chi connectivity index (χ1v) is 7.47. The number of piperazine rings is 1. The molecule has 1 saturated heterocycles. The maximum atomic E-state index is 13.1. The molecular formula is C15H20ClF3N2O3. The average molecular weight is 369 g/mol. The van der Waals surface area contributed by atoms with E-state index in [0.29, 0.717) is 49.0 Å². The minimum absolute atomic E-state index is 0. The highest BCUT2D eigenvalue weighted by Gasteiger charge is 2.37. The minimum atomic E-state index is -4.25. The number of hydrogen-bond donors (Lipinski definition) is 1. The smallest absolute Gasteiger partial charge is 0.390 e. The van der Waals surface area contributed by atoms with Crippen molar-refractivity contribution in [1.29, 1.82) is 0 Å². The van der Waals surface area contributed by atoms with Gasteiger partial charge in [-0.2, -0.15) is 13.2 Å². The van der Waals surface area contributed by atoms with Crippen molar-refractivity contribution in [3.05, 3.63) is 17.7 Å². The predicted molar refractivity (Wildman–Crippen MR) is 84.2 cm³/mol. The summed E-state index contributed by atoms with van der Waals surface area (Å²) in [4.78, 5) is 1.85. The molecule has 0 unspecified atom stereocenters. The fourth-order valence-electron chi connectivity index (χ4n) is 3.01. The summed E-state index contributed by atoms with van der Waals surface area (Å²) in [5.74, 6) is 1.28. The van der Waals surface area contributed by atoms with Crippen molar-refractivity contribution in [3.63, 3.8) is 0 Å². The molecule has 0 spiro atoms. The van der Waals surface area contributed by atoms with Gasteiger partial charge >= 0.3 is 6.18 Å². The zero-order valence-corrected chi connectivity index (χ0v) is 14.0.